The van der Waals surface area contributed by atoms with Crippen molar-refractivity contribution in [3.8, 4) is 11.5 Å². The molecule has 0 fully saturated rings. The van der Waals surface area contributed by atoms with Gasteiger partial charge < -0.3 is 20.5 Å². The number of aromatic nitrogens is 2. The molecule has 11 heteroatoms. The van der Waals surface area contributed by atoms with Crippen molar-refractivity contribution in [2.24, 2.45) is 5.92 Å². The molecule has 2 aromatic carbocycles. The van der Waals surface area contributed by atoms with Gasteiger partial charge in [0.05, 0.1) is 27.4 Å². The van der Waals surface area contributed by atoms with E-state index in [0.29, 0.717) is 36.6 Å². The van der Waals surface area contributed by atoms with E-state index in [2.05, 4.69) is 48.5 Å². The lowest BCUT2D eigenvalue weighted by Crippen LogP contribution is -2.33. The molecule has 2 atom stereocenters. The van der Waals surface area contributed by atoms with Crippen molar-refractivity contribution in [1.82, 2.24) is 19.8 Å². The summed E-state index contributed by atoms with van der Waals surface area (Å²) >= 11 is 3.57. The van der Waals surface area contributed by atoms with Crippen LogP contribution in [0.1, 0.15) is 19.3 Å². The molecule has 0 spiro atoms. The third kappa shape index (κ3) is 6.79. The van der Waals surface area contributed by atoms with E-state index in [1.807, 2.05) is 54.6 Å². The van der Waals surface area contributed by atoms with Crippen LogP contribution >= 0.6 is 15.9 Å². The van der Waals surface area contributed by atoms with Gasteiger partial charge in [-0.25, -0.2) is 17.8 Å². The van der Waals surface area contributed by atoms with Crippen LogP contribution in [0.2, 0.25) is 0 Å². The number of allylic oxidation sites excluding steroid dienone is 4. The molecule has 2 heterocycles. The number of halogens is 1. The van der Waals surface area contributed by atoms with E-state index >= 15 is 0 Å². The smallest absolute Gasteiger partial charge is 0.240 e. The highest BCUT2D eigenvalue weighted by Gasteiger charge is 2.26. The number of benzene rings is 2. The number of nitrogens with one attached hydrogen (secondary N) is 3. The fourth-order valence-corrected chi connectivity index (χ4v) is 6.69. The van der Waals surface area contributed by atoms with Crippen LogP contribution in [0.15, 0.2) is 124 Å². The minimum Gasteiger partial charge on any atom is -0.512 e. The van der Waals surface area contributed by atoms with E-state index < -0.39 is 10.0 Å². The van der Waals surface area contributed by atoms with Gasteiger partial charge in [0, 0.05) is 25.1 Å². The zero-order valence-corrected chi connectivity index (χ0v) is 25.7. The molecule has 6 rings (SSSR count). The highest BCUT2D eigenvalue weighted by atomic mass is 79.9. The van der Waals surface area contributed by atoms with Gasteiger partial charge in [-0.05, 0) is 77.2 Å². The summed E-state index contributed by atoms with van der Waals surface area (Å²) in [6.07, 6.45) is 16.0. The zero-order valence-electron chi connectivity index (χ0n) is 23.3. The predicted octanol–water partition coefficient (Wildman–Crippen LogP) is 6.26. The van der Waals surface area contributed by atoms with Gasteiger partial charge in [0.2, 0.25) is 10.0 Å². The first kappa shape index (κ1) is 29.0. The molecule has 2 aliphatic carbocycles. The van der Waals surface area contributed by atoms with Crippen LogP contribution in [0.25, 0.3) is 5.82 Å². The van der Waals surface area contributed by atoms with Crippen molar-refractivity contribution in [2.75, 3.05) is 18.4 Å². The molecule has 4 N–H and O–H groups in total. The number of aliphatic hydroxyl groups excluding tert-OH is 1. The molecule has 3 aliphatic rings. The number of fused-ring (bicyclic) bond motifs is 1. The molecular weight excluding hydrogens is 630 g/mol. The van der Waals surface area contributed by atoms with Gasteiger partial charge in [-0.2, -0.15) is 5.10 Å². The molecule has 0 saturated carbocycles. The van der Waals surface area contributed by atoms with Crippen molar-refractivity contribution in [3.63, 3.8) is 0 Å². The molecule has 0 bridgehead atoms. The fourth-order valence-electron chi connectivity index (χ4n) is 5.22. The Balaban J connectivity index is 1.06. The van der Waals surface area contributed by atoms with E-state index in [4.69, 9.17) is 4.74 Å². The number of para-hydroxylation sites is 1. The minimum atomic E-state index is -3.69. The van der Waals surface area contributed by atoms with Gasteiger partial charge in [0.25, 0.3) is 0 Å². The Morgan fingerprint density at radius 1 is 1.12 bits per heavy atom. The molecule has 3 aromatic rings. The third-order valence-electron chi connectivity index (χ3n) is 7.47. The van der Waals surface area contributed by atoms with Gasteiger partial charge in [-0.1, -0.05) is 54.2 Å². The van der Waals surface area contributed by atoms with E-state index in [1.165, 1.54) is 0 Å². The fraction of sp³-hybridized carbons (Fsp3) is 0.219. The van der Waals surface area contributed by atoms with Crippen LogP contribution in [0.5, 0.6) is 11.5 Å². The van der Waals surface area contributed by atoms with Gasteiger partial charge in [-0.15, -0.1) is 0 Å². The maximum atomic E-state index is 13.0. The monoisotopic (exact) mass is 661 g/mol. The van der Waals surface area contributed by atoms with Crippen molar-refractivity contribution < 1.29 is 18.3 Å². The molecule has 0 amide bonds. The average Bonchev–Trinajstić information content (AvgIpc) is 3.40. The second kappa shape index (κ2) is 12.7. The van der Waals surface area contributed by atoms with Crippen LogP contribution in [0.3, 0.4) is 0 Å². The van der Waals surface area contributed by atoms with Crippen LogP contribution in [-0.4, -0.2) is 42.4 Å². The Labute approximate surface area is 259 Å². The number of rotatable bonds is 10. The van der Waals surface area contributed by atoms with E-state index in [-0.39, 0.29) is 23.4 Å². The summed E-state index contributed by atoms with van der Waals surface area (Å²) in [5.41, 5.74) is 1.98. The largest absolute Gasteiger partial charge is 0.512 e. The molecule has 1 aromatic heterocycles. The van der Waals surface area contributed by atoms with Crippen LogP contribution in [0, 0.1) is 5.92 Å². The summed E-state index contributed by atoms with van der Waals surface area (Å²) in [5.74, 6) is 3.26. The van der Waals surface area contributed by atoms with Gasteiger partial charge >= 0.3 is 0 Å². The van der Waals surface area contributed by atoms with Gasteiger partial charge in [-0.3, -0.25) is 0 Å². The lowest BCUT2D eigenvalue weighted by Gasteiger charge is -2.28. The normalized spacial score (nSPS) is 19.7. The Kier molecular flexibility index (Phi) is 8.55. The molecule has 222 valence electrons. The number of ether oxygens (including phenoxy) is 1. The molecule has 9 nitrogen and oxygen atoms in total. The van der Waals surface area contributed by atoms with E-state index in [1.54, 1.807) is 35.1 Å². The Bertz CT molecular complexity index is 1740. The number of hydrogen-bond donors (Lipinski definition) is 4. The summed E-state index contributed by atoms with van der Waals surface area (Å²) in [6, 6.07) is 15.5. The first-order valence-corrected chi connectivity index (χ1v) is 16.4. The highest BCUT2D eigenvalue weighted by Crippen LogP contribution is 2.33. The van der Waals surface area contributed by atoms with Crippen molar-refractivity contribution in [3.05, 3.63) is 119 Å². The number of nitrogens with zero attached hydrogens (tertiary/aromatic N) is 2. The quantitative estimate of drug-likeness (QED) is 0.202. The molecular formula is C32H32BrN5O4S. The SMILES string of the molecule is O=S(=O)(NCC1C=CC=C(CNC2=CC(C3=C(O)CCC=C3)Nc3c(Br)cnn32)C1)c1ccc(Oc2ccccc2)cc1. The molecule has 43 heavy (non-hydrogen) atoms. The lowest BCUT2D eigenvalue weighted by molar-refractivity contribution is 0.379. The Morgan fingerprint density at radius 2 is 1.91 bits per heavy atom. The summed E-state index contributed by atoms with van der Waals surface area (Å²) in [6.45, 7) is 0.843. The number of sulfonamides is 1. The molecule has 0 radical (unpaired) electrons. The second-order valence-corrected chi connectivity index (χ2v) is 13.2. The zero-order chi connectivity index (χ0) is 29.8. The van der Waals surface area contributed by atoms with E-state index in [9.17, 15) is 13.5 Å². The number of hydrogen-bond acceptors (Lipinski definition) is 7. The highest BCUT2D eigenvalue weighted by molar-refractivity contribution is 9.10. The van der Waals surface area contributed by atoms with Crippen molar-refractivity contribution >= 4 is 37.6 Å². The Hall–Kier alpha value is -4.06. The van der Waals surface area contributed by atoms with Crippen molar-refractivity contribution in [1.29, 1.82) is 0 Å². The first-order chi connectivity index (χ1) is 20.9. The molecule has 0 saturated heterocycles. The van der Waals surface area contributed by atoms with Gasteiger partial charge in [0.15, 0.2) is 0 Å². The maximum Gasteiger partial charge on any atom is 0.240 e. The summed E-state index contributed by atoms with van der Waals surface area (Å²) in [4.78, 5) is 0.188. The van der Waals surface area contributed by atoms with Crippen molar-refractivity contribution in [2.45, 2.75) is 30.2 Å². The maximum absolute atomic E-state index is 13.0. The third-order valence-corrected chi connectivity index (χ3v) is 9.49. The number of aliphatic hydroxyl groups is 1. The average molecular weight is 663 g/mol. The predicted molar refractivity (Wildman–Crippen MR) is 171 cm³/mol. The first-order valence-electron chi connectivity index (χ1n) is 14.1. The second-order valence-electron chi connectivity index (χ2n) is 10.5. The summed E-state index contributed by atoms with van der Waals surface area (Å²) in [7, 11) is -3.69. The van der Waals surface area contributed by atoms with Crippen LogP contribution in [-0.2, 0) is 10.0 Å². The van der Waals surface area contributed by atoms with E-state index in [0.717, 1.165) is 33.7 Å². The standard InChI is InChI=1S/C32H32BrN5O4S/c33-28-21-35-38-31(18-29(37-32(28)38)27-11-4-5-12-30(27)39)34-19-22-7-6-8-23(17-22)20-36-43(40,41)26-15-13-25(14-16-26)42-24-9-2-1-3-10-24/h1-4,6-11,13-16,18,21,23,29,34,36-37,39H,5,12,17,19-20H2. The van der Waals surface area contributed by atoms with Crippen LogP contribution in [0.4, 0.5) is 5.82 Å². The minimum absolute atomic E-state index is 0.0101. The number of anilines is 1. The lowest BCUT2D eigenvalue weighted by atomic mass is 9.94. The van der Waals surface area contributed by atoms with Gasteiger partial charge in [0.1, 0.15) is 23.1 Å². The Morgan fingerprint density at radius 3 is 2.70 bits per heavy atom. The van der Waals surface area contributed by atoms with Crippen LogP contribution < -0.4 is 20.1 Å². The molecule has 2 unspecified atom stereocenters. The topological polar surface area (TPSA) is 118 Å². The summed E-state index contributed by atoms with van der Waals surface area (Å²) in [5, 5.41) is 22.0. The summed E-state index contributed by atoms with van der Waals surface area (Å²) < 4.78 is 37.2. The molecule has 1 aliphatic heterocycles.